The summed E-state index contributed by atoms with van der Waals surface area (Å²) in [6, 6.07) is 0. The normalized spacial score (nSPS) is 17.8. The first kappa shape index (κ1) is 11.1. The topological polar surface area (TPSA) is 71.3 Å². The number of aromatic carboxylic acids is 1. The molecule has 1 aromatic rings. The van der Waals surface area contributed by atoms with Crippen molar-refractivity contribution in [3.63, 3.8) is 0 Å². The minimum Gasteiger partial charge on any atom is -0.477 e. The second kappa shape index (κ2) is 3.28. The Morgan fingerprint density at radius 3 is 2.75 bits per heavy atom. The lowest BCUT2D eigenvalue weighted by Crippen LogP contribution is -2.37. The molecule has 16 heavy (non-hydrogen) atoms. The molecule has 6 heteroatoms. The summed E-state index contributed by atoms with van der Waals surface area (Å²) in [6.45, 7) is 3.62. The lowest BCUT2D eigenvalue weighted by molar-refractivity contribution is -0.117. The van der Waals surface area contributed by atoms with Gasteiger partial charge in [0.1, 0.15) is 0 Å². The molecule has 0 atom stereocenters. The van der Waals surface area contributed by atoms with Crippen LogP contribution in [0.15, 0.2) is 11.1 Å². The summed E-state index contributed by atoms with van der Waals surface area (Å²) in [5.74, 6) is -1.21. The molecular weight excluding hydrogens is 228 g/mol. The minimum absolute atomic E-state index is 0.117. The van der Waals surface area contributed by atoms with Gasteiger partial charge >= 0.3 is 5.97 Å². The molecule has 1 aliphatic heterocycles. The number of amides is 1. The van der Waals surface area contributed by atoms with Gasteiger partial charge in [0.2, 0.25) is 5.91 Å². The van der Waals surface area contributed by atoms with Crippen molar-refractivity contribution in [1.29, 1.82) is 0 Å². The quantitative estimate of drug-likeness (QED) is 0.781. The number of aryl methyl sites for hydroxylation is 1. The van der Waals surface area contributed by atoms with Crippen LogP contribution in [0.3, 0.4) is 0 Å². The molecule has 1 aliphatic rings. The van der Waals surface area contributed by atoms with Gasteiger partial charge in [-0.1, -0.05) is 0 Å². The molecule has 5 nitrogen and oxygen atoms in total. The van der Waals surface area contributed by atoms with Gasteiger partial charge in [-0.2, -0.15) is 0 Å². The molecule has 0 fully saturated rings. The SMILES string of the molecule is Cn1cc2c(c1C(=O)O)NC(=O)C(C)(C)S2. The third kappa shape index (κ3) is 1.49. The second-order valence-corrected chi connectivity index (χ2v) is 5.86. The summed E-state index contributed by atoms with van der Waals surface area (Å²) in [6.07, 6.45) is 1.73. The average molecular weight is 240 g/mol. The predicted molar refractivity (Wildman–Crippen MR) is 60.9 cm³/mol. The fourth-order valence-corrected chi connectivity index (χ4v) is 2.79. The van der Waals surface area contributed by atoms with Gasteiger partial charge in [0.05, 0.1) is 15.3 Å². The Morgan fingerprint density at radius 2 is 2.19 bits per heavy atom. The van der Waals surface area contributed by atoms with E-state index >= 15 is 0 Å². The van der Waals surface area contributed by atoms with Gasteiger partial charge in [-0.3, -0.25) is 4.79 Å². The first-order valence-electron chi connectivity index (χ1n) is 4.76. The van der Waals surface area contributed by atoms with E-state index in [1.54, 1.807) is 13.2 Å². The fourth-order valence-electron chi connectivity index (χ4n) is 1.64. The fraction of sp³-hybridized carbons (Fsp3) is 0.400. The van der Waals surface area contributed by atoms with Crippen molar-refractivity contribution in [1.82, 2.24) is 4.57 Å². The molecular formula is C10H12N2O3S. The summed E-state index contributed by atoms with van der Waals surface area (Å²) < 4.78 is 0.950. The molecule has 0 aromatic carbocycles. The van der Waals surface area contributed by atoms with Crippen LogP contribution in [0.4, 0.5) is 5.69 Å². The summed E-state index contributed by atoms with van der Waals surface area (Å²) in [4.78, 5) is 23.6. The summed E-state index contributed by atoms with van der Waals surface area (Å²) in [5.41, 5.74) is 0.524. The first-order chi connectivity index (χ1) is 7.33. The maximum atomic E-state index is 11.7. The third-order valence-corrected chi connectivity index (χ3v) is 3.73. The van der Waals surface area contributed by atoms with Crippen LogP contribution in [-0.4, -0.2) is 26.3 Å². The van der Waals surface area contributed by atoms with Gasteiger partial charge in [0.15, 0.2) is 5.69 Å². The zero-order valence-electron chi connectivity index (χ0n) is 9.20. The molecule has 1 aromatic heterocycles. The van der Waals surface area contributed by atoms with E-state index in [-0.39, 0.29) is 11.6 Å². The number of carboxylic acid groups (broad SMARTS) is 1. The van der Waals surface area contributed by atoms with E-state index in [4.69, 9.17) is 5.11 Å². The van der Waals surface area contributed by atoms with Crippen LogP contribution in [0.5, 0.6) is 0 Å². The van der Waals surface area contributed by atoms with E-state index in [1.165, 1.54) is 16.3 Å². The number of rotatable bonds is 1. The largest absolute Gasteiger partial charge is 0.477 e. The predicted octanol–water partition coefficient (Wildman–Crippen LogP) is 1.55. The molecule has 0 unspecified atom stereocenters. The molecule has 1 amide bonds. The van der Waals surface area contributed by atoms with E-state index in [0.29, 0.717) is 5.69 Å². The molecule has 86 valence electrons. The van der Waals surface area contributed by atoms with Gasteiger partial charge < -0.3 is 15.0 Å². The van der Waals surface area contributed by atoms with Crippen molar-refractivity contribution in [3.8, 4) is 0 Å². The summed E-state index contributed by atoms with van der Waals surface area (Å²) >= 11 is 1.38. The van der Waals surface area contributed by atoms with Crippen LogP contribution in [0.1, 0.15) is 24.3 Å². The van der Waals surface area contributed by atoms with Gasteiger partial charge in [-0.25, -0.2) is 4.79 Å². The number of carbonyl (C=O) groups is 2. The minimum atomic E-state index is -1.04. The van der Waals surface area contributed by atoms with Crippen molar-refractivity contribution in [2.24, 2.45) is 7.05 Å². The van der Waals surface area contributed by atoms with Crippen LogP contribution in [-0.2, 0) is 11.8 Å². The molecule has 0 spiro atoms. The number of anilines is 1. The van der Waals surface area contributed by atoms with Gasteiger partial charge in [0, 0.05) is 13.2 Å². The van der Waals surface area contributed by atoms with Gasteiger partial charge in [-0.05, 0) is 13.8 Å². The lowest BCUT2D eigenvalue weighted by Gasteiger charge is -2.27. The molecule has 0 saturated heterocycles. The van der Waals surface area contributed by atoms with Gasteiger partial charge in [0.25, 0.3) is 0 Å². The van der Waals surface area contributed by atoms with E-state index in [9.17, 15) is 9.59 Å². The Labute approximate surface area is 96.8 Å². The Morgan fingerprint density at radius 1 is 1.56 bits per heavy atom. The number of carboxylic acids is 1. The number of thioether (sulfide) groups is 1. The Balaban J connectivity index is 2.56. The van der Waals surface area contributed by atoms with Crippen molar-refractivity contribution in [2.75, 3.05) is 5.32 Å². The average Bonchev–Trinajstić information content (AvgIpc) is 2.40. The van der Waals surface area contributed by atoms with Crippen LogP contribution in [0.25, 0.3) is 0 Å². The Bertz CT molecular complexity index is 490. The Hall–Kier alpha value is -1.43. The van der Waals surface area contributed by atoms with E-state index in [2.05, 4.69) is 5.32 Å². The number of hydrogen-bond donors (Lipinski definition) is 2. The molecule has 0 aliphatic carbocycles. The highest BCUT2D eigenvalue weighted by Crippen LogP contribution is 2.44. The highest BCUT2D eigenvalue weighted by Gasteiger charge is 2.37. The van der Waals surface area contributed by atoms with Gasteiger partial charge in [-0.15, -0.1) is 11.8 Å². The zero-order valence-corrected chi connectivity index (χ0v) is 10.0. The van der Waals surface area contributed by atoms with Crippen molar-refractivity contribution >= 4 is 29.3 Å². The second-order valence-electron chi connectivity index (χ2n) is 4.20. The first-order valence-corrected chi connectivity index (χ1v) is 5.57. The van der Waals surface area contributed by atoms with Crippen LogP contribution in [0.2, 0.25) is 0 Å². The number of carbonyl (C=O) groups excluding carboxylic acids is 1. The molecule has 0 bridgehead atoms. The number of aromatic nitrogens is 1. The van der Waals surface area contributed by atoms with Crippen molar-refractivity contribution < 1.29 is 14.7 Å². The van der Waals surface area contributed by atoms with Crippen molar-refractivity contribution in [2.45, 2.75) is 23.5 Å². The smallest absolute Gasteiger partial charge is 0.354 e. The number of fused-ring (bicyclic) bond motifs is 1. The number of hydrogen-bond acceptors (Lipinski definition) is 3. The van der Waals surface area contributed by atoms with E-state index < -0.39 is 10.7 Å². The van der Waals surface area contributed by atoms with Crippen LogP contribution >= 0.6 is 11.8 Å². The molecule has 2 heterocycles. The monoisotopic (exact) mass is 240 g/mol. The van der Waals surface area contributed by atoms with Crippen LogP contribution < -0.4 is 5.32 Å². The third-order valence-electron chi connectivity index (χ3n) is 2.50. The summed E-state index contributed by atoms with van der Waals surface area (Å²) in [5, 5.41) is 11.7. The molecule has 0 saturated carbocycles. The van der Waals surface area contributed by atoms with Crippen LogP contribution in [0, 0.1) is 0 Å². The molecule has 0 radical (unpaired) electrons. The highest BCUT2D eigenvalue weighted by atomic mass is 32.2. The standard InChI is InChI=1S/C10H12N2O3S/c1-10(2)9(15)11-6-5(16-10)4-12(3)7(6)8(13)14/h4H,1-3H3,(H,11,15)(H,13,14). The van der Waals surface area contributed by atoms with E-state index in [1.807, 2.05) is 13.8 Å². The number of nitrogens with one attached hydrogen (secondary N) is 1. The molecule has 2 rings (SSSR count). The lowest BCUT2D eigenvalue weighted by atomic mass is 10.2. The maximum Gasteiger partial charge on any atom is 0.354 e. The summed E-state index contributed by atoms with van der Waals surface area (Å²) in [7, 11) is 1.65. The van der Waals surface area contributed by atoms with Crippen molar-refractivity contribution in [3.05, 3.63) is 11.9 Å². The highest BCUT2D eigenvalue weighted by molar-refractivity contribution is 8.01. The molecule has 2 N–H and O–H groups in total. The zero-order chi connectivity index (χ0) is 12.1. The maximum absolute atomic E-state index is 11.7. The Kier molecular flexibility index (Phi) is 2.27. The van der Waals surface area contributed by atoms with E-state index in [0.717, 1.165) is 4.90 Å². The number of nitrogens with zero attached hydrogens (tertiary/aromatic N) is 1.